The highest BCUT2D eigenvalue weighted by atomic mass is 32.2. The summed E-state index contributed by atoms with van der Waals surface area (Å²) in [6.07, 6.45) is 3.50. The predicted molar refractivity (Wildman–Crippen MR) is 124 cm³/mol. The third-order valence-corrected chi connectivity index (χ3v) is 8.40. The van der Waals surface area contributed by atoms with Gasteiger partial charge in [-0.25, -0.2) is 0 Å². The molecule has 1 amide bonds. The highest BCUT2D eigenvalue weighted by molar-refractivity contribution is 7.99. The van der Waals surface area contributed by atoms with Gasteiger partial charge in [-0.15, -0.1) is 0 Å². The lowest BCUT2D eigenvalue weighted by atomic mass is 9.99. The fourth-order valence-electron chi connectivity index (χ4n) is 3.51. The molecule has 1 N–H and O–H groups in total. The summed E-state index contributed by atoms with van der Waals surface area (Å²) in [5.74, 6) is 2.52. The van der Waals surface area contributed by atoms with Crippen molar-refractivity contribution in [2.75, 3.05) is 49.1 Å². The third kappa shape index (κ3) is 6.78. The van der Waals surface area contributed by atoms with Crippen LogP contribution in [0.5, 0.6) is 5.75 Å². The molecule has 2 rings (SSSR count). The van der Waals surface area contributed by atoms with Crippen LogP contribution in [0.4, 0.5) is 5.69 Å². The first kappa shape index (κ1) is 24.8. The maximum atomic E-state index is 13.3. The minimum atomic E-state index is -3.71. The van der Waals surface area contributed by atoms with Crippen molar-refractivity contribution in [2.24, 2.45) is 5.92 Å². The SMILES string of the molecule is CCCSCCCNC(=O)C1CCCN(S(=O)(=O)N(CC)c2ccc(OC)cc2)C1. The number of ether oxygens (including phenoxy) is 1. The van der Waals surface area contributed by atoms with Crippen LogP contribution >= 0.6 is 11.8 Å². The van der Waals surface area contributed by atoms with Crippen molar-refractivity contribution >= 4 is 33.6 Å². The van der Waals surface area contributed by atoms with Crippen molar-refractivity contribution in [1.82, 2.24) is 9.62 Å². The summed E-state index contributed by atoms with van der Waals surface area (Å²) >= 11 is 1.90. The molecule has 0 spiro atoms. The lowest BCUT2D eigenvalue weighted by molar-refractivity contribution is -0.126. The minimum absolute atomic E-state index is 0.0390. The maximum absolute atomic E-state index is 13.3. The summed E-state index contributed by atoms with van der Waals surface area (Å²) in [7, 11) is -2.13. The summed E-state index contributed by atoms with van der Waals surface area (Å²) < 4.78 is 34.6. The monoisotopic (exact) mass is 457 g/mol. The van der Waals surface area contributed by atoms with E-state index in [1.807, 2.05) is 18.7 Å². The number of amides is 1. The smallest absolute Gasteiger partial charge is 0.304 e. The van der Waals surface area contributed by atoms with Gasteiger partial charge in [0.1, 0.15) is 5.75 Å². The number of thioether (sulfide) groups is 1. The lowest BCUT2D eigenvalue weighted by Gasteiger charge is -2.35. The van der Waals surface area contributed by atoms with E-state index >= 15 is 0 Å². The van der Waals surface area contributed by atoms with Crippen molar-refractivity contribution in [1.29, 1.82) is 0 Å². The van der Waals surface area contributed by atoms with Crippen molar-refractivity contribution < 1.29 is 17.9 Å². The van der Waals surface area contributed by atoms with Crippen LogP contribution in [0.25, 0.3) is 0 Å². The number of hydrogen-bond acceptors (Lipinski definition) is 5. The second kappa shape index (κ2) is 12.4. The molecular weight excluding hydrogens is 422 g/mol. The summed E-state index contributed by atoms with van der Waals surface area (Å²) in [6.45, 7) is 5.60. The van der Waals surface area contributed by atoms with E-state index in [1.165, 1.54) is 8.61 Å². The highest BCUT2D eigenvalue weighted by Gasteiger charge is 2.35. The van der Waals surface area contributed by atoms with Crippen LogP contribution in [0.1, 0.15) is 39.5 Å². The highest BCUT2D eigenvalue weighted by Crippen LogP contribution is 2.26. The van der Waals surface area contributed by atoms with Crippen molar-refractivity contribution in [2.45, 2.75) is 39.5 Å². The van der Waals surface area contributed by atoms with Crippen molar-refractivity contribution in [3.05, 3.63) is 24.3 Å². The van der Waals surface area contributed by atoms with E-state index in [2.05, 4.69) is 12.2 Å². The van der Waals surface area contributed by atoms with Gasteiger partial charge < -0.3 is 10.1 Å². The Labute approximate surface area is 185 Å². The Morgan fingerprint density at radius 3 is 2.63 bits per heavy atom. The molecule has 1 fully saturated rings. The van der Waals surface area contributed by atoms with Gasteiger partial charge in [0.05, 0.1) is 18.7 Å². The molecule has 0 aromatic heterocycles. The zero-order chi connectivity index (χ0) is 22.0. The summed E-state index contributed by atoms with van der Waals surface area (Å²) in [5, 5.41) is 2.99. The number of anilines is 1. The van der Waals surface area contributed by atoms with Crippen LogP contribution < -0.4 is 14.4 Å². The van der Waals surface area contributed by atoms with Gasteiger partial charge in [0.15, 0.2) is 0 Å². The third-order valence-electron chi connectivity index (χ3n) is 5.12. The number of carbonyl (C=O) groups excluding carboxylic acids is 1. The average Bonchev–Trinajstić information content (AvgIpc) is 2.77. The predicted octanol–water partition coefficient (Wildman–Crippen LogP) is 3.13. The van der Waals surface area contributed by atoms with Gasteiger partial charge in [-0.1, -0.05) is 6.92 Å². The standard InChI is InChI=1S/C21H35N3O4S2/c1-4-15-29-16-7-13-22-21(25)18-8-6-14-23(17-18)30(26,27)24(5-2)19-9-11-20(28-3)12-10-19/h9-12,18H,4-8,13-17H2,1-3H3,(H,22,25). The maximum Gasteiger partial charge on any atom is 0.304 e. The Morgan fingerprint density at radius 2 is 2.00 bits per heavy atom. The fraction of sp³-hybridized carbons (Fsp3) is 0.667. The minimum Gasteiger partial charge on any atom is -0.497 e. The molecule has 170 valence electrons. The molecule has 1 aromatic carbocycles. The van der Waals surface area contributed by atoms with Crippen molar-refractivity contribution in [3.63, 3.8) is 0 Å². The van der Waals surface area contributed by atoms with E-state index in [-0.39, 0.29) is 18.4 Å². The van der Waals surface area contributed by atoms with Gasteiger partial charge >= 0.3 is 10.2 Å². The van der Waals surface area contributed by atoms with Crippen LogP contribution in [0, 0.1) is 5.92 Å². The van der Waals surface area contributed by atoms with Gasteiger partial charge in [0, 0.05) is 26.2 Å². The Balaban J connectivity index is 1.96. The molecule has 1 saturated heterocycles. The zero-order valence-electron chi connectivity index (χ0n) is 18.3. The number of benzene rings is 1. The number of hydrogen-bond donors (Lipinski definition) is 1. The molecule has 1 atom stereocenters. The molecule has 1 heterocycles. The zero-order valence-corrected chi connectivity index (χ0v) is 19.9. The van der Waals surface area contributed by atoms with Crippen LogP contribution in [0.3, 0.4) is 0 Å². The van der Waals surface area contributed by atoms with Crippen LogP contribution in [0.15, 0.2) is 24.3 Å². The van der Waals surface area contributed by atoms with Crippen LogP contribution in [0.2, 0.25) is 0 Å². The van der Waals surface area contributed by atoms with Gasteiger partial charge in [-0.3, -0.25) is 9.10 Å². The fourth-order valence-corrected chi connectivity index (χ4v) is 6.07. The number of piperidine rings is 1. The molecule has 1 aliphatic rings. The van der Waals surface area contributed by atoms with Crippen LogP contribution in [-0.2, 0) is 15.0 Å². The molecule has 7 nitrogen and oxygen atoms in total. The quantitative estimate of drug-likeness (QED) is 0.488. The lowest BCUT2D eigenvalue weighted by Crippen LogP contribution is -2.50. The van der Waals surface area contributed by atoms with Crippen LogP contribution in [-0.4, -0.2) is 63.4 Å². The Bertz CT molecular complexity index is 756. The number of rotatable bonds is 12. The average molecular weight is 458 g/mol. The van der Waals surface area contributed by atoms with E-state index in [0.29, 0.717) is 37.5 Å². The van der Waals surface area contributed by atoms with Gasteiger partial charge in [-0.2, -0.15) is 24.5 Å². The number of nitrogens with one attached hydrogen (secondary N) is 1. The van der Waals surface area contributed by atoms with E-state index in [0.717, 1.165) is 30.8 Å². The molecule has 0 saturated carbocycles. The van der Waals surface area contributed by atoms with E-state index in [1.54, 1.807) is 31.4 Å². The summed E-state index contributed by atoms with van der Waals surface area (Å²) in [4.78, 5) is 12.6. The van der Waals surface area contributed by atoms with Gasteiger partial charge in [0.2, 0.25) is 5.91 Å². The Kier molecular flexibility index (Phi) is 10.3. The van der Waals surface area contributed by atoms with E-state index < -0.39 is 10.2 Å². The van der Waals surface area contributed by atoms with Gasteiger partial charge in [0.25, 0.3) is 0 Å². The van der Waals surface area contributed by atoms with Gasteiger partial charge in [-0.05, 0) is 68.4 Å². The molecule has 0 radical (unpaired) electrons. The molecule has 9 heteroatoms. The number of nitrogens with zero attached hydrogens (tertiary/aromatic N) is 2. The number of carbonyl (C=O) groups is 1. The first-order valence-corrected chi connectivity index (χ1v) is 13.3. The first-order chi connectivity index (χ1) is 14.4. The molecule has 0 aliphatic carbocycles. The van der Waals surface area contributed by atoms with E-state index in [9.17, 15) is 13.2 Å². The second-order valence-corrected chi connectivity index (χ2v) is 10.4. The largest absolute Gasteiger partial charge is 0.497 e. The molecule has 1 aromatic rings. The second-order valence-electron chi connectivity index (χ2n) is 7.32. The molecule has 1 unspecified atom stereocenters. The van der Waals surface area contributed by atoms with Crippen molar-refractivity contribution in [3.8, 4) is 5.75 Å². The normalized spacial score (nSPS) is 17.5. The molecule has 30 heavy (non-hydrogen) atoms. The first-order valence-electron chi connectivity index (χ1n) is 10.7. The number of methoxy groups -OCH3 is 1. The molecule has 0 bridgehead atoms. The molecular formula is C21H35N3O4S2. The Hall–Kier alpha value is -1.45. The summed E-state index contributed by atoms with van der Waals surface area (Å²) in [6, 6.07) is 6.98. The van der Waals surface area contributed by atoms with E-state index in [4.69, 9.17) is 4.74 Å². The Morgan fingerprint density at radius 1 is 1.27 bits per heavy atom. The molecule has 1 aliphatic heterocycles. The topological polar surface area (TPSA) is 79.0 Å². The summed E-state index contributed by atoms with van der Waals surface area (Å²) in [5.41, 5.74) is 0.592.